The maximum absolute atomic E-state index is 12.1. The van der Waals surface area contributed by atoms with Gasteiger partial charge in [-0.25, -0.2) is 0 Å². The molecule has 50 heavy (non-hydrogen) atoms. The van der Waals surface area contributed by atoms with Gasteiger partial charge in [-0.15, -0.1) is 0 Å². The smallest absolute Gasteiger partial charge is 0.505 e. The molecule has 0 atom stereocenters. The number of non-ortho nitro benzene ring substituents is 2. The SMILES string of the molecule is Nc1cccc2c1/C(=N/Nc1ccc([N+](=O)[O-])cc1O)C(=O)C=C2.Nc1cccc2c1/C(=N/Nc1ccc([N+](=O)[O-])cc1O)C(=O)C=C2.[Cr].[Na+]. The van der Waals surface area contributed by atoms with Gasteiger partial charge in [0.25, 0.3) is 11.4 Å². The Labute approximate surface area is 315 Å². The Balaban J connectivity index is 0.000000260. The van der Waals surface area contributed by atoms with E-state index in [1.54, 1.807) is 48.6 Å². The maximum Gasteiger partial charge on any atom is 1.00 e. The molecule has 2 aliphatic carbocycles. The number of anilines is 4. The number of nitro benzene ring substituents is 2. The molecule has 16 nitrogen and oxygen atoms in total. The number of benzene rings is 4. The Bertz CT molecular complexity index is 2000. The van der Waals surface area contributed by atoms with E-state index in [2.05, 4.69) is 21.1 Å². The number of allylic oxidation sites excluding steroid dienone is 2. The zero-order valence-corrected chi connectivity index (χ0v) is 29.2. The van der Waals surface area contributed by atoms with E-state index >= 15 is 0 Å². The average molecular weight is 724 g/mol. The van der Waals surface area contributed by atoms with Crippen molar-refractivity contribution in [3.8, 4) is 11.5 Å². The fourth-order valence-corrected chi connectivity index (χ4v) is 4.65. The van der Waals surface area contributed by atoms with Crippen LogP contribution in [0.5, 0.6) is 11.5 Å². The first-order valence-electron chi connectivity index (χ1n) is 13.8. The molecule has 2 aliphatic rings. The van der Waals surface area contributed by atoms with Crippen LogP contribution in [0.3, 0.4) is 0 Å². The van der Waals surface area contributed by atoms with Crippen LogP contribution in [0.2, 0.25) is 0 Å². The normalized spacial score (nSPS) is 13.9. The van der Waals surface area contributed by atoms with Crippen molar-refractivity contribution in [1.29, 1.82) is 0 Å². The topological polar surface area (TPSA) is 262 Å². The number of hydrazone groups is 2. The predicted octanol–water partition coefficient (Wildman–Crippen LogP) is 1.59. The molecule has 0 saturated carbocycles. The molecule has 0 radical (unpaired) electrons. The van der Waals surface area contributed by atoms with Crippen molar-refractivity contribution in [2.45, 2.75) is 0 Å². The van der Waals surface area contributed by atoms with Gasteiger partial charge in [0, 0.05) is 52.0 Å². The van der Waals surface area contributed by atoms with Crippen LogP contribution in [0.25, 0.3) is 12.2 Å². The molecule has 0 aromatic heterocycles. The molecule has 0 bridgehead atoms. The molecule has 4 aromatic carbocycles. The maximum atomic E-state index is 12.1. The summed E-state index contributed by atoms with van der Waals surface area (Å²) in [5, 5.41) is 49.0. The average Bonchev–Trinajstić information content (AvgIpc) is 3.05. The van der Waals surface area contributed by atoms with Gasteiger partial charge in [-0.1, -0.05) is 36.4 Å². The molecule has 246 valence electrons. The molecule has 0 spiro atoms. The second kappa shape index (κ2) is 16.5. The van der Waals surface area contributed by atoms with E-state index in [0.717, 1.165) is 23.3 Å². The second-order valence-corrected chi connectivity index (χ2v) is 10.1. The Kier molecular flexibility index (Phi) is 12.8. The number of nitrogens with two attached hydrogens (primary N) is 2. The van der Waals surface area contributed by atoms with Crippen molar-refractivity contribution in [3.63, 3.8) is 0 Å². The summed E-state index contributed by atoms with van der Waals surface area (Å²) in [5.74, 6) is -1.38. The Morgan fingerprint density at radius 1 is 0.620 bits per heavy atom. The molecule has 6 rings (SSSR count). The Hall–Kier alpha value is -5.83. The monoisotopic (exact) mass is 723 g/mol. The minimum atomic E-state index is -0.623. The van der Waals surface area contributed by atoms with Crippen LogP contribution < -0.4 is 51.9 Å². The van der Waals surface area contributed by atoms with Crippen molar-refractivity contribution in [2.24, 2.45) is 10.2 Å². The van der Waals surface area contributed by atoms with Crippen LogP contribution in [0.4, 0.5) is 34.1 Å². The van der Waals surface area contributed by atoms with Gasteiger partial charge in [-0.3, -0.25) is 40.7 Å². The number of nitrogens with one attached hydrogen (secondary N) is 2. The van der Waals surface area contributed by atoms with Crippen molar-refractivity contribution >= 4 is 69.3 Å². The molecular weight excluding hydrogens is 699 g/mol. The van der Waals surface area contributed by atoms with Gasteiger partial charge in [0.2, 0.25) is 11.6 Å². The number of carbonyl (C=O) groups is 2. The molecule has 0 heterocycles. The first-order chi connectivity index (χ1) is 22.9. The zero-order valence-electron chi connectivity index (χ0n) is 25.9. The molecule has 18 heteroatoms. The fourth-order valence-electron chi connectivity index (χ4n) is 4.65. The minimum absolute atomic E-state index is 0. The standard InChI is InChI=1S/2C16H12N4O4.Cr.Na/c2*17-11-3-1-2-9-4-7-13(21)16(15(9)11)19-18-12-6-5-10(20(23)24)8-14(12)22;;/h2*1-8,18,22H,17H2;;/q;;;+1/b2*19-16+;;. The summed E-state index contributed by atoms with van der Waals surface area (Å²) in [6.45, 7) is 0. The summed E-state index contributed by atoms with van der Waals surface area (Å²) in [6, 6.07) is 17.5. The summed E-state index contributed by atoms with van der Waals surface area (Å²) < 4.78 is 0. The summed E-state index contributed by atoms with van der Waals surface area (Å²) in [7, 11) is 0. The third-order valence-electron chi connectivity index (χ3n) is 6.99. The molecule has 0 aliphatic heterocycles. The molecule has 4 aromatic rings. The van der Waals surface area contributed by atoms with Crippen LogP contribution in [0, 0.1) is 20.2 Å². The number of nitro groups is 2. The van der Waals surface area contributed by atoms with E-state index in [1.807, 2.05) is 0 Å². The Morgan fingerprint density at radius 3 is 1.34 bits per heavy atom. The van der Waals surface area contributed by atoms with Crippen LogP contribution >= 0.6 is 0 Å². The molecule has 0 saturated heterocycles. The number of nitrogens with zero attached hydrogens (tertiary/aromatic N) is 4. The van der Waals surface area contributed by atoms with Crippen LogP contribution in [0.15, 0.2) is 95.2 Å². The van der Waals surface area contributed by atoms with Gasteiger partial charge in [0.1, 0.15) is 22.9 Å². The third-order valence-corrected chi connectivity index (χ3v) is 6.99. The number of fused-ring (bicyclic) bond motifs is 2. The van der Waals surface area contributed by atoms with E-state index in [0.29, 0.717) is 22.5 Å². The van der Waals surface area contributed by atoms with Gasteiger partial charge in [-0.2, -0.15) is 10.2 Å². The van der Waals surface area contributed by atoms with Crippen molar-refractivity contribution in [3.05, 3.63) is 127 Å². The third kappa shape index (κ3) is 8.41. The number of aromatic hydroxyl groups is 2. The minimum Gasteiger partial charge on any atom is -0.505 e. The number of phenols is 2. The summed E-state index contributed by atoms with van der Waals surface area (Å²) in [5.41, 5.74) is 20.2. The first kappa shape index (κ1) is 38.6. The summed E-state index contributed by atoms with van der Waals surface area (Å²) >= 11 is 0. The van der Waals surface area contributed by atoms with E-state index in [1.165, 1.54) is 36.4 Å². The first-order valence-corrected chi connectivity index (χ1v) is 13.8. The number of rotatable bonds is 6. The Morgan fingerprint density at radius 2 is 1.00 bits per heavy atom. The number of phenolic OH excluding ortho intramolecular Hbond substituents is 2. The van der Waals surface area contributed by atoms with Crippen molar-refractivity contribution in [1.82, 2.24) is 0 Å². The van der Waals surface area contributed by atoms with E-state index in [4.69, 9.17) is 11.5 Å². The summed E-state index contributed by atoms with van der Waals surface area (Å²) in [6.07, 6.45) is 6.04. The van der Waals surface area contributed by atoms with Gasteiger partial charge in [0.05, 0.1) is 33.4 Å². The predicted molar refractivity (Wildman–Crippen MR) is 180 cm³/mol. The number of hydrogen-bond donors (Lipinski definition) is 6. The summed E-state index contributed by atoms with van der Waals surface area (Å²) in [4.78, 5) is 44.3. The van der Waals surface area contributed by atoms with Gasteiger partial charge < -0.3 is 21.7 Å². The number of ketones is 2. The van der Waals surface area contributed by atoms with E-state index in [-0.39, 0.29) is 104 Å². The molecule has 0 unspecified atom stereocenters. The van der Waals surface area contributed by atoms with Crippen LogP contribution in [-0.2, 0) is 27.0 Å². The van der Waals surface area contributed by atoms with Crippen molar-refractivity contribution < 1.29 is 76.6 Å². The van der Waals surface area contributed by atoms with Gasteiger partial charge in [-0.05, 0) is 47.5 Å². The van der Waals surface area contributed by atoms with E-state index in [9.17, 15) is 40.0 Å². The largest absolute Gasteiger partial charge is 1.00 e. The number of carbonyl (C=O) groups excluding carboxylic acids is 2. The molecular formula is C32H24CrN8NaO8+. The van der Waals surface area contributed by atoms with E-state index < -0.39 is 9.85 Å². The van der Waals surface area contributed by atoms with Crippen molar-refractivity contribution in [2.75, 3.05) is 22.3 Å². The second-order valence-electron chi connectivity index (χ2n) is 10.1. The molecule has 8 N–H and O–H groups in total. The van der Waals surface area contributed by atoms with Crippen LogP contribution in [-0.4, -0.2) is 43.0 Å². The fraction of sp³-hybridized carbons (Fsp3) is 0. The zero-order chi connectivity index (χ0) is 34.5. The quantitative estimate of drug-likeness (QED) is 0.0545. The number of nitrogen functional groups attached to an aromatic ring is 2. The molecule has 0 amide bonds. The molecule has 0 fully saturated rings. The van der Waals surface area contributed by atoms with Crippen LogP contribution in [0.1, 0.15) is 22.3 Å². The van der Waals surface area contributed by atoms with Gasteiger partial charge >= 0.3 is 29.6 Å². The van der Waals surface area contributed by atoms with Gasteiger partial charge in [0.15, 0.2) is 0 Å². The number of hydrogen-bond acceptors (Lipinski definition) is 14.